The molecular weight excluding hydrogens is 466 g/mol. The fourth-order valence-corrected chi connectivity index (χ4v) is 4.96. The molecule has 7 nitrogen and oxygen atoms in total. The molecule has 33 heavy (non-hydrogen) atoms. The zero-order valence-corrected chi connectivity index (χ0v) is 19.1. The van der Waals surface area contributed by atoms with E-state index in [-0.39, 0.29) is 36.1 Å². The SMILES string of the molecule is CC(C)(C)Oc1cc(O)cc(N2CCN(S(=O)(=O)Cc3ccc(F)cc3)C[C@H]2C(F)(F)F)n1. The molecular formula is C21H25F4N3O4S. The highest BCUT2D eigenvalue weighted by Crippen LogP contribution is 2.35. The number of rotatable bonds is 5. The standard InChI is InChI=1S/C21H25F4N3O4S/c1-20(2,3)32-19-11-16(29)10-18(26-19)28-9-8-27(12-17(28)21(23,24)25)33(30,31)13-14-4-6-15(22)7-5-14/h4-7,10-11,17H,8-9,12-13H2,1-3H3,(H,26,29)/t17-/m0/s1. The number of nitrogens with zero attached hydrogens (tertiary/aromatic N) is 3. The maximum absolute atomic E-state index is 14.0. The quantitative estimate of drug-likeness (QED) is 0.643. The Labute approximate surface area is 189 Å². The number of alkyl halides is 3. The van der Waals surface area contributed by atoms with Gasteiger partial charge < -0.3 is 14.7 Å². The minimum Gasteiger partial charge on any atom is -0.508 e. The van der Waals surface area contributed by atoms with Gasteiger partial charge in [-0.3, -0.25) is 0 Å². The van der Waals surface area contributed by atoms with Crippen LogP contribution in [0.25, 0.3) is 0 Å². The van der Waals surface area contributed by atoms with Crippen LogP contribution < -0.4 is 9.64 Å². The van der Waals surface area contributed by atoms with Crippen LogP contribution in [-0.4, -0.2) is 60.3 Å². The van der Waals surface area contributed by atoms with E-state index < -0.39 is 46.0 Å². The van der Waals surface area contributed by atoms with E-state index in [1.807, 2.05) is 0 Å². The second-order valence-electron chi connectivity index (χ2n) is 8.73. The van der Waals surface area contributed by atoms with Gasteiger partial charge in [-0.25, -0.2) is 12.8 Å². The van der Waals surface area contributed by atoms with Crippen molar-refractivity contribution in [1.82, 2.24) is 9.29 Å². The van der Waals surface area contributed by atoms with Gasteiger partial charge >= 0.3 is 6.18 Å². The number of pyridine rings is 1. The Balaban J connectivity index is 1.87. The maximum Gasteiger partial charge on any atom is 0.410 e. The zero-order chi connectivity index (χ0) is 24.6. The lowest BCUT2D eigenvalue weighted by atomic mass is 10.1. The third kappa shape index (κ3) is 6.47. The molecule has 3 rings (SSSR count). The van der Waals surface area contributed by atoms with Crippen LogP contribution in [0.4, 0.5) is 23.4 Å². The lowest BCUT2D eigenvalue weighted by Gasteiger charge is -2.42. The van der Waals surface area contributed by atoms with Gasteiger partial charge in [-0.1, -0.05) is 12.1 Å². The predicted octanol–water partition coefficient (Wildman–Crippen LogP) is 3.69. The number of sulfonamides is 1. The Kier molecular flexibility index (Phi) is 6.81. The highest BCUT2D eigenvalue weighted by atomic mass is 32.2. The van der Waals surface area contributed by atoms with Gasteiger partial charge in [0, 0.05) is 31.8 Å². The molecule has 0 bridgehead atoms. The fraction of sp³-hybridized carbons (Fsp3) is 0.476. The number of aromatic nitrogens is 1. The first-order chi connectivity index (χ1) is 15.1. The Morgan fingerprint density at radius 3 is 2.33 bits per heavy atom. The first kappa shape index (κ1) is 25.0. The van der Waals surface area contributed by atoms with Crippen LogP contribution in [0.15, 0.2) is 36.4 Å². The molecule has 0 unspecified atom stereocenters. The smallest absolute Gasteiger partial charge is 0.410 e. The molecule has 1 saturated heterocycles. The van der Waals surface area contributed by atoms with Gasteiger partial charge in [-0.2, -0.15) is 22.5 Å². The predicted molar refractivity (Wildman–Crippen MR) is 114 cm³/mol. The van der Waals surface area contributed by atoms with Crippen molar-refractivity contribution >= 4 is 15.8 Å². The molecule has 1 atom stereocenters. The molecule has 2 heterocycles. The van der Waals surface area contributed by atoms with Crippen molar-refractivity contribution in [3.05, 3.63) is 47.8 Å². The summed E-state index contributed by atoms with van der Waals surface area (Å²) in [6.45, 7) is 3.80. The molecule has 0 aliphatic carbocycles. The van der Waals surface area contributed by atoms with E-state index in [1.54, 1.807) is 20.8 Å². The Morgan fingerprint density at radius 1 is 1.12 bits per heavy atom. The van der Waals surface area contributed by atoms with Gasteiger partial charge in [-0.05, 0) is 38.5 Å². The van der Waals surface area contributed by atoms with E-state index >= 15 is 0 Å². The number of piperazine rings is 1. The van der Waals surface area contributed by atoms with E-state index in [2.05, 4.69) is 4.98 Å². The summed E-state index contributed by atoms with van der Waals surface area (Å²) in [5, 5.41) is 10.0. The molecule has 1 fully saturated rings. The van der Waals surface area contributed by atoms with Gasteiger partial charge in [0.25, 0.3) is 0 Å². The first-order valence-electron chi connectivity index (χ1n) is 10.1. The maximum atomic E-state index is 14.0. The molecule has 1 aliphatic heterocycles. The number of hydrogen-bond acceptors (Lipinski definition) is 6. The van der Waals surface area contributed by atoms with E-state index in [0.717, 1.165) is 27.4 Å². The summed E-state index contributed by atoms with van der Waals surface area (Å²) in [6, 6.07) is 4.82. The molecule has 0 saturated carbocycles. The van der Waals surface area contributed by atoms with E-state index in [1.165, 1.54) is 18.2 Å². The molecule has 1 aliphatic rings. The van der Waals surface area contributed by atoms with Gasteiger partial charge in [-0.15, -0.1) is 0 Å². The third-order valence-corrected chi connectivity index (χ3v) is 6.67. The number of hydrogen-bond donors (Lipinski definition) is 1. The molecule has 1 aromatic heterocycles. The summed E-state index contributed by atoms with van der Waals surface area (Å²) < 4.78 is 86.9. The molecule has 0 spiro atoms. The number of aromatic hydroxyl groups is 1. The Bertz CT molecular complexity index is 1090. The van der Waals surface area contributed by atoms with Gasteiger partial charge in [0.15, 0.2) is 0 Å². The average Bonchev–Trinajstić information content (AvgIpc) is 2.66. The van der Waals surface area contributed by atoms with Crippen molar-refractivity contribution in [2.45, 2.75) is 44.3 Å². The molecule has 2 aromatic rings. The first-order valence-corrected chi connectivity index (χ1v) is 11.7. The monoisotopic (exact) mass is 491 g/mol. The second kappa shape index (κ2) is 8.98. The van der Waals surface area contributed by atoms with Crippen molar-refractivity contribution < 1.29 is 35.8 Å². The summed E-state index contributed by atoms with van der Waals surface area (Å²) in [5.41, 5.74) is -0.435. The molecule has 0 amide bonds. The third-order valence-electron chi connectivity index (χ3n) is 4.85. The van der Waals surface area contributed by atoms with Gasteiger partial charge in [0.1, 0.15) is 29.0 Å². The van der Waals surface area contributed by atoms with Crippen molar-refractivity contribution in [1.29, 1.82) is 0 Å². The van der Waals surface area contributed by atoms with Crippen LogP contribution in [0, 0.1) is 5.82 Å². The minimum absolute atomic E-state index is 0.0511. The van der Waals surface area contributed by atoms with Crippen LogP contribution in [0.1, 0.15) is 26.3 Å². The Hall–Kier alpha value is -2.60. The number of anilines is 1. The van der Waals surface area contributed by atoms with Crippen molar-refractivity contribution in [2.75, 3.05) is 24.5 Å². The van der Waals surface area contributed by atoms with Crippen LogP contribution >= 0.6 is 0 Å². The minimum atomic E-state index is -4.78. The number of ether oxygens (including phenoxy) is 1. The van der Waals surface area contributed by atoms with E-state index in [0.29, 0.717) is 0 Å². The number of benzene rings is 1. The van der Waals surface area contributed by atoms with Crippen LogP contribution in [0.2, 0.25) is 0 Å². The highest BCUT2D eigenvalue weighted by Gasteiger charge is 2.49. The average molecular weight is 492 g/mol. The fourth-order valence-electron chi connectivity index (χ4n) is 3.44. The summed E-state index contributed by atoms with van der Waals surface area (Å²) in [7, 11) is -4.10. The highest BCUT2D eigenvalue weighted by molar-refractivity contribution is 7.88. The molecule has 12 heteroatoms. The molecule has 1 N–H and O–H groups in total. The molecule has 1 aromatic carbocycles. The van der Waals surface area contributed by atoms with Gasteiger partial charge in [0.2, 0.25) is 15.9 Å². The normalized spacial score (nSPS) is 18.4. The van der Waals surface area contributed by atoms with Crippen molar-refractivity contribution in [2.24, 2.45) is 0 Å². The lowest BCUT2D eigenvalue weighted by molar-refractivity contribution is -0.153. The summed E-state index contributed by atoms with van der Waals surface area (Å²) in [6.07, 6.45) is -4.78. The summed E-state index contributed by atoms with van der Waals surface area (Å²) >= 11 is 0. The van der Waals surface area contributed by atoms with Crippen molar-refractivity contribution in [3.8, 4) is 11.6 Å². The van der Waals surface area contributed by atoms with Crippen LogP contribution in [0.5, 0.6) is 11.6 Å². The Morgan fingerprint density at radius 2 is 1.76 bits per heavy atom. The second-order valence-corrected chi connectivity index (χ2v) is 10.7. The molecule has 182 valence electrons. The van der Waals surface area contributed by atoms with Crippen molar-refractivity contribution in [3.63, 3.8) is 0 Å². The lowest BCUT2D eigenvalue weighted by Crippen LogP contribution is -2.60. The zero-order valence-electron chi connectivity index (χ0n) is 18.3. The largest absolute Gasteiger partial charge is 0.508 e. The van der Waals surface area contributed by atoms with Gasteiger partial charge in [0.05, 0.1) is 5.75 Å². The summed E-state index contributed by atoms with van der Waals surface area (Å²) in [5.74, 6) is -1.65. The van der Waals surface area contributed by atoms with E-state index in [9.17, 15) is 31.1 Å². The van der Waals surface area contributed by atoms with Crippen LogP contribution in [-0.2, 0) is 15.8 Å². The molecule has 0 radical (unpaired) electrons. The topological polar surface area (TPSA) is 83.0 Å². The van der Waals surface area contributed by atoms with E-state index in [4.69, 9.17) is 4.74 Å². The van der Waals surface area contributed by atoms with Crippen LogP contribution in [0.3, 0.4) is 0 Å². The summed E-state index contributed by atoms with van der Waals surface area (Å²) in [4.78, 5) is 5.03. The number of halogens is 4.